The summed E-state index contributed by atoms with van der Waals surface area (Å²) in [5, 5.41) is 14.4. The highest BCUT2D eigenvalue weighted by atomic mass is 14.6. The van der Waals surface area contributed by atoms with E-state index in [1.54, 1.807) is 12.1 Å². The third kappa shape index (κ3) is 1.91. The Morgan fingerprint density at radius 1 is 1.33 bits per heavy atom. The SMILES string of the molecule is [B]c1ccc(/C(C=N)=C/N)c(C=N)c1N. The molecule has 0 amide bonds. The summed E-state index contributed by atoms with van der Waals surface area (Å²) in [7, 11) is 5.61. The summed E-state index contributed by atoms with van der Waals surface area (Å²) in [5.74, 6) is 0. The van der Waals surface area contributed by atoms with Crippen LogP contribution in [0.2, 0.25) is 0 Å². The van der Waals surface area contributed by atoms with Crippen molar-refractivity contribution >= 4 is 37.0 Å². The van der Waals surface area contributed by atoms with Gasteiger partial charge in [0.05, 0.1) is 0 Å². The number of benzene rings is 1. The number of nitrogens with two attached hydrogens (primary N) is 2. The Balaban J connectivity index is 3.49. The largest absolute Gasteiger partial charge is 0.404 e. The smallest absolute Gasteiger partial charge is 0.116 e. The van der Waals surface area contributed by atoms with Gasteiger partial charge in [-0.2, -0.15) is 0 Å². The maximum Gasteiger partial charge on any atom is 0.116 e. The second kappa shape index (κ2) is 4.46. The summed E-state index contributed by atoms with van der Waals surface area (Å²) >= 11 is 0. The lowest BCUT2D eigenvalue weighted by molar-refractivity contribution is 1.50. The molecular weight excluding hydrogens is 187 g/mol. The first-order chi connectivity index (χ1) is 7.15. The average molecular weight is 198 g/mol. The molecule has 5 heteroatoms. The minimum Gasteiger partial charge on any atom is -0.404 e. The maximum atomic E-state index is 7.26. The summed E-state index contributed by atoms with van der Waals surface area (Å²) in [4.78, 5) is 0. The Hall–Kier alpha value is -2.04. The molecule has 4 nitrogen and oxygen atoms in total. The molecule has 0 spiro atoms. The predicted molar refractivity (Wildman–Crippen MR) is 65.1 cm³/mol. The van der Waals surface area contributed by atoms with E-state index in [9.17, 15) is 0 Å². The monoisotopic (exact) mass is 198 g/mol. The van der Waals surface area contributed by atoms with Crippen LogP contribution in [0.1, 0.15) is 11.1 Å². The third-order valence-corrected chi connectivity index (χ3v) is 2.11. The summed E-state index contributed by atoms with van der Waals surface area (Å²) in [6, 6.07) is 3.32. The van der Waals surface area contributed by atoms with Crippen molar-refractivity contribution in [2.75, 3.05) is 5.73 Å². The molecule has 0 bridgehead atoms. The number of anilines is 1. The summed E-state index contributed by atoms with van der Waals surface area (Å²) in [6.07, 6.45) is 3.51. The van der Waals surface area contributed by atoms with Crippen molar-refractivity contribution in [1.29, 1.82) is 10.8 Å². The Labute approximate surface area is 89.4 Å². The molecule has 0 heterocycles. The van der Waals surface area contributed by atoms with Crippen LogP contribution >= 0.6 is 0 Å². The molecule has 0 saturated heterocycles. The Bertz CT molecular complexity index is 437. The van der Waals surface area contributed by atoms with E-state index in [1.807, 2.05) is 0 Å². The van der Waals surface area contributed by atoms with Crippen LogP contribution < -0.4 is 16.9 Å². The number of allylic oxidation sites excluding steroid dienone is 1. The first kappa shape index (κ1) is 11.0. The van der Waals surface area contributed by atoms with E-state index < -0.39 is 0 Å². The molecule has 1 aromatic rings. The third-order valence-electron chi connectivity index (χ3n) is 2.11. The predicted octanol–water partition coefficient (Wildman–Crippen LogP) is 0.00944. The lowest BCUT2D eigenvalue weighted by Crippen LogP contribution is -2.14. The summed E-state index contributed by atoms with van der Waals surface area (Å²) < 4.78 is 0. The van der Waals surface area contributed by atoms with Gasteiger partial charge in [-0.3, -0.25) is 0 Å². The van der Waals surface area contributed by atoms with Gasteiger partial charge in [0.1, 0.15) is 7.85 Å². The average Bonchev–Trinajstić information content (AvgIpc) is 2.25. The standard InChI is InChI=1S/C10H11BN4/c11-9-2-1-7(6(3-12)4-13)8(5-14)10(9)15/h1-5,12,14H,13,15H2/b6-4+,12-3?,14-5?. The molecule has 1 rings (SSSR count). The van der Waals surface area contributed by atoms with Gasteiger partial charge in [-0.1, -0.05) is 17.6 Å². The first-order valence-corrected chi connectivity index (χ1v) is 4.26. The van der Waals surface area contributed by atoms with Gasteiger partial charge < -0.3 is 22.3 Å². The van der Waals surface area contributed by atoms with E-state index in [-0.39, 0.29) is 0 Å². The molecule has 0 saturated carbocycles. The fourth-order valence-corrected chi connectivity index (χ4v) is 1.28. The van der Waals surface area contributed by atoms with Crippen LogP contribution in [-0.2, 0) is 0 Å². The molecule has 0 atom stereocenters. The number of nitrogen functional groups attached to an aromatic ring is 1. The molecule has 0 aromatic heterocycles. The normalized spacial score (nSPS) is 11.1. The molecule has 1 aromatic carbocycles. The highest BCUT2D eigenvalue weighted by molar-refractivity contribution is 6.36. The van der Waals surface area contributed by atoms with Crippen LogP contribution in [0.25, 0.3) is 5.57 Å². The van der Waals surface area contributed by atoms with Gasteiger partial charge in [0.2, 0.25) is 0 Å². The fourth-order valence-electron chi connectivity index (χ4n) is 1.28. The van der Waals surface area contributed by atoms with Crippen LogP contribution in [-0.4, -0.2) is 20.3 Å². The van der Waals surface area contributed by atoms with Crippen LogP contribution in [0.15, 0.2) is 18.3 Å². The zero-order valence-corrected chi connectivity index (χ0v) is 8.12. The Morgan fingerprint density at radius 3 is 2.47 bits per heavy atom. The van der Waals surface area contributed by atoms with E-state index in [0.29, 0.717) is 27.9 Å². The molecule has 0 aliphatic rings. The van der Waals surface area contributed by atoms with Gasteiger partial charge >= 0.3 is 0 Å². The molecule has 0 fully saturated rings. The van der Waals surface area contributed by atoms with E-state index in [0.717, 1.165) is 12.4 Å². The van der Waals surface area contributed by atoms with Crippen LogP contribution in [0, 0.1) is 10.8 Å². The van der Waals surface area contributed by atoms with E-state index in [2.05, 4.69) is 0 Å². The van der Waals surface area contributed by atoms with E-state index in [1.165, 1.54) is 6.20 Å². The molecule has 0 aliphatic heterocycles. The topological polar surface area (TPSA) is 99.7 Å². The second-order valence-corrected chi connectivity index (χ2v) is 2.94. The van der Waals surface area contributed by atoms with Gasteiger partial charge in [-0.15, -0.1) is 0 Å². The lowest BCUT2D eigenvalue weighted by atomic mass is 9.88. The van der Waals surface area contributed by atoms with E-state index in [4.69, 9.17) is 30.1 Å². The van der Waals surface area contributed by atoms with Crippen LogP contribution in [0.3, 0.4) is 0 Å². The van der Waals surface area contributed by atoms with Crippen molar-refractivity contribution < 1.29 is 0 Å². The quantitative estimate of drug-likeness (QED) is 0.312. The highest BCUT2D eigenvalue weighted by Crippen LogP contribution is 2.19. The zero-order valence-electron chi connectivity index (χ0n) is 8.12. The van der Waals surface area contributed by atoms with Crippen LogP contribution in [0.5, 0.6) is 0 Å². The summed E-state index contributed by atoms with van der Waals surface area (Å²) in [6.45, 7) is 0. The molecule has 15 heavy (non-hydrogen) atoms. The van der Waals surface area contributed by atoms with Gasteiger partial charge in [0.15, 0.2) is 0 Å². The van der Waals surface area contributed by atoms with Gasteiger partial charge in [-0.25, -0.2) is 0 Å². The minimum absolute atomic E-state index is 0.337. The molecule has 74 valence electrons. The molecule has 0 unspecified atom stereocenters. The molecule has 0 aliphatic carbocycles. The lowest BCUT2D eigenvalue weighted by Gasteiger charge is -2.10. The number of nitrogens with one attached hydrogen (secondary N) is 2. The molecular formula is C10H11BN4. The van der Waals surface area contributed by atoms with E-state index >= 15 is 0 Å². The summed E-state index contributed by atoms with van der Waals surface area (Å²) in [5.41, 5.74) is 13.5. The van der Waals surface area contributed by atoms with Gasteiger partial charge in [0.25, 0.3) is 0 Å². The highest BCUT2D eigenvalue weighted by Gasteiger charge is 2.08. The fraction of sp³-hybridized carbons (Fsp3) is 0. The second-order valence-electron chi connectivity index (χ2n) is 2.94. The minimum atomic E-state index is 0.337. The number of rotatable bonds is 3. The van der Waals surface area contributed by atoms with Crippen LogP contribution in [0.4, 0.5) is 5.69 Å². The van der Waals surface area contributed by atoms with Crippen molar-refractivity contribution in [1.82, 2.24) is 0 Å². The first-order valence-electron chi connectivity index (χ1n) is 4.26. The molecule has 2 radical (unpaired) electrons. The van der Waals surface area contributed by atoms with Crippen molar-refractivity contribution in [2.24, 2.45) is 5.73 Å². The van der Waals surface area contributed by atoms with Gasteiger partial charge in [0, 0.05) is 35.5 Å². The molecule has 6 N–H and O–H groups in total. The maximum absolute atomic E-state index is 7.26. The Morgan fingerprint density at radius 2 is 2.00 bits per heavy atom. The number of hydrogen-bond acceptors (Lipinski definition) is 4. The van der Waals surface area contributed by atoms with Crippen molar-refractivity contribution in [3.05, 3.63) is 29.5 Å². The number of hydrogen-bond donors (Lipinski definition) is 4. The zero-order chi connectivity index (χ0) is 11.4. The van der Waals surface area contributed by atoms with Gasteiger partial charge in [-0.05, 0) is 5.56 Å². The van der Waals surface area contributed by atoms with Crippen molar-refractivity contribution in [3.8, 4) is 0 Å². The van der Waals surface area contributed by atoms with Crippen molar-refractivity contribution in [3.63, 3.8) is 0 Å². The Kier molecular flexibility index (Phi) is 3.28. The van der Waals surface area contributed by atoms with Crippen molar-refractivity contribution in [2.45, 2.75) is 0 Å².